The van der Waals surface area contributed by atoms with Crippen LogP contribution in [-0.2, 0) is 6.42 Å². The fraction of sp³-hybridized carbons (Fsp3) is 0.200. The zero-order valence-electron chi connectivity index (χ0n) is 11.2. The number of hydrogen-bond acceptors (Lipinski definition) is 2. The molecule has 0 aliphatic rings. The quantitative estimate of drug-likeness (QED) is 0.865. The van der Waals surface area contributed by atoms with E-state index in [1.165, 1.54) is 7.11 Å². The average molecular weight is 316 g/mol. The van der Waals surface area contributed by atoms with Crippen molar-refractivity contribution >= 4 is 11.6 Å². The molecule has 0 amide bonds. The average Bonchev–Trinajstić information content (AvgIpc) is 2.44. The third-order valence-corrected chi connectivity index (χ3v) is 3.35. The van der Waals surface area contributed by atoms with Crippen LogP contribution >= 0.6 is 11.6 Å². The van der Waals surface area contributed by atoms with Crippen LogP contribution < -0.4 is 10.5 Å². The van der Waals surface area contributed by atoms with Crippen LogP contribution in [0.5, 0.6) is 5.75 Å². The summed E-state index contributed by atoms with van der Waals surface area (Å²) in [5.41, 5.74) is 6.79. The molecule has 0 heterocycles. The molecule has 0 fully saturated rings. The number of hydrogen-bond donors (Lipinski definition) is 1. The molecule has 6 heteroatoms. The minimum absolute atomic E-state index is 0.161. The molecule has 1 atom stereocenters. The lowest BCUT2D eigenvalue weighted by molar-refractivity contribution is 0.408. The molecule has 0 saturated carbocycles. The van der Waals surface area contributed by atoms with Gasteiger partial charge in [0.1, 0.15) is 5.75 Å². The van der Waals surface area contributed by atoms with E-state index in [0.717, 1.165) is 12.1 Å². The number of methoxy groups -OCH3 is 1. The predicted octanol–water partition coefficient (Wildman–Crippen LogP) is 4.01. The van der Waals surface area contributed by atoms with Crippen molar-refractivity contribution in [2.45, 2.75) is 12.5 Å². The molecule has 0 radical (unpaired) electrons. The van der Waals surface area contributed by atoms with Gasteiger partial charge in [0.05, 0.1) is 7.11 Å². The molecule has 2 aromatic rings. The summed E-state index contributed by atoms with van der Waals surface area (Å²) in [5.74, 6) is -3.47. The van der Waals surface area contributed by atoms with Gasteiger partial charge in [-0.25, -0.2) is 13.2 Å². The largest absolute Gasteiger partial charge is 0.496 e. The second kappa shape index (κ2) is 6.37. The topological polar surface area (TPSA) is 35.2 Å². The second-order valence-electron chi connectivity index (χ2n) is 4.57. The highest BCUT2D eigenvalue weighted by molar-refractivity contribution is 6.30. The van der Waals surface area contributed by atoms with Crippen molar-refractivity contribution < 1.29 is 17.9 Å². The van der Waals surface area contributed by atoms with E-state index in [4.69, 9.17) is 22.1 Å². The van der Waals surface area contributed by atoms with E-state index in [0.29, 0.717) is 16.3 Å². The van der Waals surface area contributed by atoms with Crippen LogP contribution in [0, 0.1) is 17.5 Å². The summed E-state index contributed by atoms with van der Waals surface area (Å²) in [7, 11) is 1.50. The highest BCUT2D eigenvalue weighted by Gasteiger charge is 2.16. The summed E-state index contributed by atoms with van der Waals surface area (Å²) in [5, 5.41) is 0.495. The minimum atomic E-state index is -1.51. The molecule has 1 unspecified atom stereocenters. The van der Waals surface area contributed by atoms with E-state index in [2.05, 4.69) is 0 Å². The summed E-state index contributed by atoms with van der Waals surface area (Å²) in [6.45, 7) is 0. The van der Waals surface area contributed by atoms with Crippen molar-refractivity contribution in [3.05, 3.63) is 63.9 Å². The number of halogens is 4. The Morgan fingerprint density at radius 3 is 2.33 bits per heavy atom. The Bertz CT molecular complexity index is 640. The van der Waals surface area contributed by atoms with Crippen molar-refractivity contribution in [2.24, 2.45) is 5.73 Å². The highest BCUT2D eigenvalue weighted by atomic mass is 35.5. The van der Waals surface area contributed by atoms with Gasteiger partial charge in [-0.15, -0.1) is 0 Å². The Kier molecular flexibility index (Phi) is 4.75. The summed E-state index contributed by atoms with van der Waals surface area (Å²) in [6.07, 6.45) is 0.244. The first-order valence-electron chi connectivity index (χ1n) is 6.14. The first-order valence-corrected chi connectivity index (χ1v) is 6.52. The van der Waals surface area contributed by atoms with Crippen LogP contribution in [0.3, 0.4) is 0 Å². The third-order valence-electron chi connectivity index (χ3n) is 3.12. The van der Waals surface area contributed by atoms with Crippen LogP contribution in [0.2, 0.25) is 5.02 Å². The van der Waals surface area contributed by atoms with Gasteiger partial charge in [0, 0.05) is 11.1 Å². The Balaban J connectivity index is 2.30. The minimum Gasteiger partial charge on any atom is -0.496 e. The standard InChI is InChI=1S/C15H13ClF3NO/c1-21-14-3-2-10(16)4-9(14)7-13(20)8-5-11(17)15(19)12(18)6-8/h2-6,13H,7,20H2,1H3. The molecule has 2 rings (SSSR count). The Morgan fingerprint density at radius 2 is 1.76 bits per heavy atom. The van der Waals surface area contributed by atoms with Crippen LogP contribution in [0.15, 0.2) is 30.3 Å². The van der Waals surface area contributed by atoms with E-state index in [1.807, 2.05) is 0 Å². The van der Waals surface area contributed by atoms with Gasteiger partial charge in [0.25, 0.3) is 0 Å². The zero-order chi connectivity index (χ0) is 15.6. The number of rotatable bonds is 4. The summed E-state index contributed by atoms with van der Waals surface area (Å²) in [6, 6.07) is 6.06. The molecule has 2 nitrogen and oxygen atoms in total. The van der Waals surface area contributed by atoms with Gasteiger partial charge in [-0.2, -0.15) is 0 Å². The lowest BCUT2D eigenvalue weighted by Crippen LogP contribution is -2.15. The molecule has 0 spiro atoms. The molecule has 2 aromatic carbocycles. The Labute approximate surface area is 125 Å². The Hall–Kier alpha value is -1.72. The lowest BCUT2D eigenvalue weighted by Gasteiger charge is -2.15. The van der Waals surface area contributed by atoms with Crippen molar-refractivity contribution in [2.75, 3.05) is 7.11 Å². The van der Waals surface area contributed by atoms with Crippen molar-refractivity contribution in [3.63, 3.8) is 0 Å². The van der Waals surface area contributed by atoms with Gasteiger partial charge in [0.2, 0.25) is 0 Å². The maximum Gasteiger partial charge on any atom is 0.194 e. The predicted molar refractivity (Wildman–Crippen MR) is 75.0 cm³/mol. The summed E-state index contributed by atoms with van der Waals surface area (Å²) >= 11 is 5.91. The van der Waals surface area contributed by atoms with Crippen LogP contribution in [0.4, 0.5) is 13.2 Å². The SMILES string of the molecule is COc1ccc(Cl)cc1CC(N)c1cc(F)c(F)c(F)c1. The van der Waals surface area contributed by atoms with Crippen molar-refractivity contribution in [3.8, 4) is 5.75 Å². The van der Waals surface area contributed by atoms with Gasteiger partial charge < -0.3 is 10.5 Å². The van der Waals surface area contributed by atoms with Crippen molar-refractivity contribution in [1.82, 2.24) is 0 Å². The second-order valence-corrected chi connectivity index (χ2v) is 5.00. The number of benzene rings is 2. The molecule has 0 aliphatic heterocycles. The number of nitrogens with two attached hydrogens (primary N) is 1. The summed E-state index contributed by atoms with van der Waals surface area (Å²) < 4.78 is 44.6. The van der Waals surface area contributed by atoms with E-state index in [-0.39, 0.29) is 12.0 Å². The monoisotopic (exact) mass is 315 g/mol. The van der Waals surface area contributed by atoms with Crippen molar-refractivity contribution in [1.29, 1.82) is 0 Å². The van der Waals surface area contributed by atoms with Gasteiger partial charge >= 0.3 is 0 Å². The van der Waals surface area contributed by atoms with E-state index in [1.54, 1.807) is 18.2 Å². The number of ether oxygens (including phenoxy) is 1. The fourth-order valence-corrected chi connectivity index (χ4v) is 2.25. The van der Waals surface area contributed by atoms with E-state index < -0.39 is 23.5 Å². The molecule has 112 valence electrons. The van der Waals surface area contributed by atoms with E-state index >= 15 is 0 Å². The first kappa shape index (κ1) is 15.7. The van der Waals surface area contributed by atoms with Gasteiger partial charge in [0.15, 0.2) is 17.5 Å². The van der Waals surface area contributed by atoms with E-state index in [9.17, 15) is 13.2 Å². The van der Waals surface area contributed by atoms with Gasteiger partial charge in [-0.1, -0.05) is 11.6 Å². The van der Waals surface area contributed by atoms with Crippen LogP contribution in [-0.4, -0.2) is 7.11 Å². The molecule has 0 aliphatic carbocycles. The molecular weight excluding hydrogens is 303 g/mol. The first-order chi connectivity index (χ1) is 9.92. The molecule has 2 N–H and O–H groups in total. The van der Waals surface area contributed by atoms with Crippen LogP contribution in [0.25, 0.3) is 0 Å². The zero-order valence-corrected chi connectivity index (χ0v) is 11.9. The normalized spacial score (nSPS) is 12.3. The molecule has 0 saturated heterocycles. The molecule has 0 bridgehead atoms. The third kappa shape index (κ3) is 3.49. The summed E-state index contributed by atoms with van der Waals surface area (Å²) in [4.78, 5) is 0. The smallest absolute Gasteiger partial charge is 0.194 e. The lowest BCUT2D eigenvalue weighted by atomic mass is 9.98. The highest BCUT2D eigenvalue weighted by Crippen LogP contribution is 2.27. The molecule has 21 heavy (non-hydrogen) atoms. The van der Waals surface area contributed by atoms with Gasteiger partial charge in [-0.05, 0) is 47.9 Å². The van der Waals surface area contributed by atoms with Crippen LogP contribution in [0.1, 0.15) is 17.2 Å². The molecule has 0 aromatic heterocycles. The van der Waals surface area contributed by atoms with Gasteiger partial charge in [-0.3, -0.25) is 0 Å². The Morgan fingerprint density at radius 1 is 1.14 bits per heavy atom. The maximum atomic E-state index is 13.2. The molecular formula is C15H13ClF3NO. The fourth-order valence-electron chi connectivity index (χ4n) is 2.05. The maximum absolute atomic E-state index is 13.2.